The minimum atomic E-state index is -0.565. The number of hydrogen-bond acceptors (Lipinski definition) is 5. The molecule has 0 aliphatic carbocycles. The molecule has 2 amide bonds. The molecule has 7 nitrogen and oxygen atoms in total. The third-order valence-corrected chi connectivity index (χ3v) is 3.19. The van der Waals surface area contributed by atoms with Crippen LogP contribution in [0.4, 0.5) is 0 Å². The van der Waals surface area contributed by atoms with Crippen molar-refractivity contribution in [3.05, 3.63) is 36.2 Å². The highest BCUT2D eigenvalue weighted by molar-refractivity contribution is 5.87. The summed E-state index contributed by atoms with van der Waals surface area (Å²) in [4.78, 5) is 27.6. The van der Waals surface area contributed by atoms with Crippen molar-refractivity contribution in [2.45, 2.75) is 32.7 Å². The van der Waals surface area contributed by atoms with Gasteiger partial charge in [-0.25, -0.2) is 0 Å². The minimum Gasteiger partial charge on any atom is -0.355 e. The van der Waals surface area contributed by atoms with Crippen molar-refractivity contribution in [1.82, 2.24) is 20.8 Å². The molecule has 0 spiro atoms. The highest BCUT2D eigenvalue weighted by atomic mass is 16.5. The Labute approximate surface area is 134 Å². The van der Waals surface area contributed by atoms with Gasteiger partial charge in [0.2, 0.25) is 23.5 Å². The second-order valence-electron chi connectivity index (χ2n) is 5.06. The summed E-state index contributed by atoms with van der Waals surface area (Å²) in [5, 5.41) is 9.18. The summed E-state index contributed by atoms with van der Waals surface area (Å²) < 4.78 is 5.14. The second-order valence-corrected chi connectivity index (χ2v) is 5.06. The Morgan fingerprint density at radius 3 is 2.70 bits per heavy atom. The Morgan fingerprint density at radius 1 is 1.26 bits per heavy atom. The van der Waals surface area contributed by atoms with Crippen LogP contribution in [0.2, 0.25) is 0 Å². The predicted molar refractivity (Wildman–Crippen MR) is 84.3 cm³/mol. The molecule has 0 unspecified atom stereocenters. The molecule has 0 aliphatic heterocycles. The molecule has 1 atom stereocenters. The molecule has 0 aliphatic rings. The number of rotatable bonds is 7. The number of nitrogens with zero attached hydrogens (tertiary/aromatic N) is 2. The van der Waals surface area contributed by atoms with Gasteiger partial charge in [0.05, 0.1) is 0 Å². The van der Waals surface area contributed by atoms with Crippen molar-refractivity contribution in [3.63, 3.8) is 0 Å². The van der Waals surface area contributed by atoms with Gasteiger partial charge >= 0.3 is 0 Å². The third kappa shape index (κ3) is 4.91. The van der Waals surface area contributed by atoms with E-state index in [9.17, 15) is 9.59 Å². The van der Waals surface area contributed by atoms with E-state index < -0.39 is 6.04 Å². The lowest BCUT2D eigenvalue weighted by molar-refractivity contribution is -0.128. The van der Waals surface area contributed by atoms with Gasteiger partial charge in [-0.05, 0) is 13.8 Å². The largest absolute Gasteiger partial charge is 0.355 e. The lowest BCUT2D eigenvalue weighted by atomic mass is 10.2. The third-order valence-electron chi connectivity index (χ3n) is 3.19. The fourth-order valence-corrected chi connectivity index (χ4v) is 1.99. The fraction of sp³-hybridized carbons (Fsp3) is 0.375. The SMILES string of the molecule is CCNC(=O)[C@@H](C)NC(=O)CCc1nc(-c2ccccc2)no1. The molecular weight excluding hydrogens is 296 g/mol. The number of aryl methyl sites for hydroxylation is 1. The Kier molecular flexibility index (Phi) is 5.85. The smallest absolute Gasteiger partial charge is 0.242 e. The monoisotopic (exact) mass is 316 g/mol. The van der Waals surface area contributed by atoms with E-state index in [1.807, 2.05) is 37.3 Å². The summed E-state index contributed by atoms with van der Waals surface area (Å²) in [6.07, 6.45) is 0.508. The van der Waals surface area contributed by atoms with Crippen LogP contribution in [0.3, 0.4) is 0 Å². The molecule has 0 saturated carbocycles. The minimum absolute atomic E-state index is 0.181. The number of aromatic nitrogens is 2. The normalized spacial score (nSPS) is 11.7. The Balaban J connectivity index is 1.83. The Bertz CT molecular complexity index is 654. The summed E-state index contributed by atoms with van der Waals surface area (Å²) in [6.45, 7) is 4.00. The van der Waals surface area contributed by atoms with Crippen molar-refractivity contribution in [2.24, 2.45) is 0 Å². The van der Waals surface area contributed by atoms with Crippen molar-refractivity contribution in [1.29, 1.82) is 0 Å². The van der Waals surface area contributed by atoms with Crippen molar-refractivity contribution >= 4 is 11.8 Å². The van der Waals surface area contributed by atoms with E-state index in [1.165, 1.54) is 0 Å². The summed E-state index contributed by atoms with van der Waals surface area (Å²) in [6, 6.07) is 8.89. The molecule has 1 aromatic heterocycles. The van der Waals surface area contributed by atoms with Crippen molar-refractivity contribution < 1.29 is 14.1 Å². The molecule has 1 aromatic carbocycles. The lowest BCUT2D eigenvalue weighted by Crippen LogP contribution is -2.44. The van der Waals surface area contributed by atoms with Crippen LogP contribution in [0, 0.1) is 0 Å². The number of likely N-dealkylation sites (N-methyl/N-ethyl adjacent to an activating group) is 1. The summed E-state index contributed by atoms with van der Waals surface area (Å²) in [5.74, 6) is 0.453. The first kappa shape index (κ1) is 16.7. The molecule has 2 aromatic rings. The van der Waals surface area contributed by atoms with Gasteiger partial charge in [0.25, 0.3) is 0 Å². The van der Waals surface area contributed by atoms with E-state index in [0.717, 1.165) is 5.56 Å². The predicted octanol–water partition coefficient (Wildman–Crippen LogP) is 1.31. The van der Waals surface area contributed by atoms with Crippen LogP contribution in [0.25, 0.3) is 11.4 Å². The van der Waals surface area contributed by atoms with E-state index >= 15 is 0 Å². The maximum Gasteiger partial charge on any atom is 0.242 e. The van der Waals surface area contributed by atoms with Crippen LogP contribution in [0.1, 0.15) is 26.2 Å². The van der Waals surface area contributed by atoms with E-state index in [1.54, 1.807) is 6.92 Å². The van der Waals surface area contributed by atoms with Gasteiger partial charge in [-0.3, -0.25) is 9.59 Å². The van der Waals surface area contributed by atoms with E-state index in [2.05, 4.69) is 20.8 Å². The molecule has 0 fully saturated rings. The molecule has 7 heteroatoms. The molecule has 1 heterocycles. The summed E-state index contributed by atoms with van der Waals surface area (Å²) >= 11 is 0. The van der Waals surface area contributed by atoms with Crippen LogP contribution in [0.15, 0.2) is 34.9 Å². The van der Waals surface area contributed by atoms with E-state index in [4.69, 9.17) is 4.52 Å². The molecule has 2 rings (SSSR count). The van der Waals surface area contributed by atoms with Crippen LogP contribution in [-0.2, 0) is 16.0 Å². The van der Waals surface area contributed by atoms with Gasteiger partial charge in [-0.2, -0.15) is 4.98 Å². The second kappa shape index (κ2) is 8.07. The van der Waals surface area contributed by atoms with Crippen LogP contribution < -0.4 is 10.6 Å². The highest BCUT2D eigenvalue weighted by Crippen LogP contribution is 2.15. The number of hydrogen-bond donors (Lipinski definition) is 2. The number of benzene rings is 1. The van der Waals surface area contributed by atoms with Crippen molar-refractivity contribution in [3.8, 4) is 11.4 Å². The average Bonchev–Trinajstić information content (AvgIpc) is 3.03. The maximum absolute atomic E-state index is 11.8. The molecule has 23 heavy (non-hydrogen) atoms. The highest BCUT2D eigenvalue weighted by Gasteiger charge is 2.15. The molecule has 122 valence electrons. The average molecular weight is 316 g/mol. The van der Waals surface area contributed by atoms with Crippen LogP contribution in [-0.4, -0.2) is 34.5 Å². The first-order valence-corrected chi connectivity index (χ1v) is 7.55. The van der Waals surface area contributed by atoms with Gasteiger partial charge in [0.15, 0.2) is 0 Å². The van der Waals surface area contributed by atoms with Gasteiger partial charge in [0, 0.05) is 24.9 Å². The zero-order valence-corrected chi connectivity index (χ0v) is 13.2. The molecule has 0 bridgehead atoms. The summed E-state index contributed by atoms with van der Waals surface area (Å²) in [7, 11) is 0. The number of carbonyl (C=O) groups excluding carboxylic acids is 2. The molecule has 0 saturated heterocycles. The number of amides is 2. The topological polar surface area (TPSA) is 97.1 Å². The summed E-state index contributed by atoms with van der Waals surface area (Å²) in [5.41, 5.74) is 0.858. The van der Waals surface area contributed by atoms with Gasteiger partial charge in [-0.1, -0.05) is 35.5 Å². The standard InChI is InChI=1S/C16H20N4O3/c1-3-17-16(22)11(2)18-13(21)9-10-14-19-15(20-23-14)12-7-5-4-6-8-12/h4-8,11H,3,9-10H2,1-2H3,(H,17,22)(H,18,21)/t11-/m1/s1. The molecule has 0 radical (unpaired) electrons. The Hall–Kier alpha value is -2.70. The Morgan fingerprint density at radius 2 is 2.00 bits per heavy atom. The molecule has 2 N–H and O–H groups in total. The van der Waals surface area contributed by atoms with Crippen molar-refractivity contribution in [2.75, 3.05) is 6.54 Å². The van der Waals surface area contributed by atoms with E-state index in [-0.39, 0.29) is 18.2 Å². The first-order chi connectivity index (χ1) is 11.1. The number of nitrogens with one attached hydrogen (secondary N) is 2. The maximum atomic E-state index is 11.8. The number of carbonyl (C=O) groups is 2. The van der Waals surface area contributed by atoms with Crippen LogP contribution >= 0.6 is 0 Å². The van der Waals surface area contributed by atoms with E-state index in [0.29, 0.717) is 24.7 Å². The van der Waals surface area contributed by atoms with Gasteiger partial charge in [0.1, 0.15) is 6.04 Å². The van der Waals surface area contributed by atoms with Crippen LogP contribution in [0.5, 0.6) is 0 Å². The fourth-order valence-electron chi connectivity index (χ4n) is 1.99. The van der Waals surface area contributed by atoms with Gasteiger partial charge < -0.3 is 15.2 Å². The molecular formula is C16H20N4O3. The lowest BCUT2D eigenvalue weighted by Gasteiger charge is -2.12. The zero-order valence-electron chi connectivity index (χ0n) is 13.2. The first-order valence-electron chi connectivity index (χ1n) is 7.55. The zero-order chi connectivity index (χ0) is 16.7. The quantitative estimate of drug-likeness (QED) is 0.802. The van der Waals surface area contributed by atoms with Gasteiger partial charge in [-0.15, -0.1) is 0 Å².